The average Bonchev–Trinajstić information content (AvgIpc) is 3.04. The Balaban J connectivity index is 3.96. The molecule has 0 saturated carbocycles. The van der Waals surface area contributed by atoms with Crippen LogP contribution in [0.4, 0.5) is 0 Å². The second kappa shape index (κ2) is 35.8. The van der Waals surface area contributed by atoms with Crippen LogP contribution in [-0.4, -0.2) is 49.9 Å². The molecule has 0 aliphatic heterocycles. The topological polar surface area (TPSA) is 117 Å². The van der Waals surface area contributed by atoms with Crippen LogP contribution in [-0.2, 0) is 27.9 Å². The summed E-state index contributed by atoms with van der Waals surface area (Å²) in [5.74, 6) is -0.326. The molecule has 0 radical (unpaired) electrons. The number of nitrogens with two attached hydrogens (primary N) is 1. The molecule has 3 N–H and O–H groups in total. The Bertz CT molecular complexity index is 682. The van der Waals surface area contributed by atoms with Crippen LogP contribution in [0.2, 0.25) is 0 Å². The van der Waals surface area contributed by atoms with Crippen LogP contribution < -0.4 is 5.73 Å². The zero-order chi connectivity index (χ0) is 33.8. The number of rotatable bonds is 38. The quantitative estimate of drug-likeness (QED) is 0.0377. The zero-order valence-electron chi connectivity index (χ0n) is 30.3. The number of hydrogen-bond donors (Lipinski definition) is 2. The van der Waals surface area contributed by atoms with Crippen LogP contribution in [0.5, 0.6) is 0 Å². The fourth-order valence-corrected chi connectivity index (χ4v) is 6.41. The summed E-state index contributed by atoms with van der Waals surface area (Å²) in [4.78, 5) is 22.3. The van der Waals surface area contributed by atoms with Gasteiger partial charge in [-0.3, -0.25) is 13.8 Å². The minimum atomic E-state index is -4.26. The van der Waals surface area contributed by atoms with E-state index in [0.717, 1.165) is 32.1 Å². The Morgan fingerprint density at radius 3 is 1.37 bits per heavy atom. The molecule has 276 valence electrons. The minimum Gasteiger partial charge on any atom is -0.457 e. The molecule has 0 aromatic heterocycles. The molecular weight excluding hydrogens is 601 g/mol. The Hall–Kier alpha value is -0.500. The molecule has 0 saturated heterocycles. The SMILES string of the molecule is CCCCCCCCCCCCCCCCCCCCC(=O)OC(COCCCCCCCCCCC)COP(=O)(O)OCCN. The van der Waals surface area contributed by atoms with Gasteiger partial charge in [-0.25, -0.2) is 4.57 Å². The fourth-order valence-electron chi connectivity index (χ4n) is 5.64. The van der Waals surface area contributed by atoms with Crippen molar-refractivity contribution in [1.29, 1.82) is 0 Å². The lowest BCUT2D eigenvalue weighted by Crippen LogP contribution is -2.28. The van der Waals surface area contributed by atoms with Gasteiger partial charge in [-0.2, -0.15) is 0 Å². The van der Waals surface area contributed by atoms with Gasteiger partial charge in [-0.15, -0.1) is 0 Å². The van der Waals surface area contributed by atoms with Gasteiger partial charge in [0.2, 0.25) is 0 Å². The molecule has 0 fully saturated rings. The number of phosphoric acid groups is 1. The Morgan fingerprint density at radius 1 is 0.565 bits per heavy atom. The van der Waals surface area contributed by atoms with Crippen LogP contribution in [0.1, 0.15) is 194 Å². The van der Waals surface area contributed by atoms with Crippen molar-refractivity contribution < 1.29 is 32.8 Å². The molecule has 0 aliphatic carbocycles. The number of ether oxygens (including phenoxy) is 2. The van der Waals surface area contributed by atoms with Gasteiger partial charge in [-0.1, -0.05) is 174 Å². The molecule has 0 aromatic rings. The number of carbonyl (C=O) groups excluding carboxylic acids is 1. The van der Waals surface area contributed by atoms with Crippen LogP contribution in [0.25, 0.3) is 0 Å². The standard InChI is InChI=1S/C37H76NO7P/c1-3-5-7-9-11-13-14-15-16-17-18-19-20-21-22-24-26-28-30-37(39)45-36(35-44-46(40,41)43-33-31-38)34-42-32-29-27-25-23-12-10-8-6-4-2/h36H,3-35,38H2,1-2H3,(H,40,41). The summed E-state index contributed by atoms with van der Waals surface area (Å²) >= 11 is 0. The molecule has 0 rings (SSSR count). The lowest BCUT2D eigenvalue weighted by atomic mass is 10.0. The second-order valence-corrected chi connectivity index (χ2v) is 14.6. The van der Waals surface area contributed by atoms with Gasteiger partial charge in [0.25, 0.3) is 0 Å². The molecule has 0 heterocycles. The van der Waals surface area contributed by atoms with Crippen LogP contribution in [0, 0.1) is 0 Å². The highest BCUT2D eigenvalue weighted by Crippen LogP contribution is 2.43. The summed E-state index contributed by atoms with van der Waals surface area (Å²) in [6, 6.07) is 0. The van der Waals surface area contributed by atoms with Gasteiger partial charge >= 0.3 is 13.8 Å². The van der Waals surface area contributed by atoms with Crippen molar-refractivity contribution in [1.82, 2.24) is 0 Å². The van der Waals surface area contributed by atoms with Crippen molar-refractivity contribution in [2.45, 2.75) is 200 Å². The lowest BCUT2D eigenvalue weighted by molar-refractivity contribution is -0.154. The first-order chi connectivity index (χ1) is 22.4. The van der Waals surface area contributed by atoms with Gasteiger partial charge in [0.05, 0.1) is 19.8 Å². The maximum absolute atomic E-state index is 12.5. The van der Waals surface area contributed by atoms with Crippen molar-refractivity contribution in [2.75, 3.05) is 33.0 Å². The maximum Gasteiger partial charge on any atom is 0.472 e. The predicted octanol–water partition coefficient (Wildman–Crippen LogP) is 11.0. The largest absolute Gasteiger partial charge is 0.472 e. The van der Waals surface area contributed by atoms with E-state index in [4.69, 9.17) is 24.3 Å². The van der Waals surface area contributed by atoms with E-state index in [1.807, 2.05) is 0 Å². The Labute approximate surface area is 284 Å². The number of esters is 1. The first-order valence-corrected chi connectivity index (χ1v) is 21.0. The fraction of sp³-hybridized carbons (Fsp3) is 0.973. The van der Waals surface area contributed by atoms with Crippen LogP contribution in [0.3, 0.4) is 0 Å². The monoisotopic (exact) mass is 678 g/mol. The van der Waals surface area contributed by atoms with E-state index >= 15 is 0 Å². The molecule has 46 heavy (non-hydrogen) atoms. The van der Waals surface area contributed by atoms with Crippen molar-refractivity contribution in [3.63, 3.8) is 0 Å². The number of phosphoric ester groups is 1. The molecule has 0 bridgehead atoms. The molecule has 9 heteroatoms. The van der Waals surface area contributed by atoms with Gasteiger partial charge in [0.1, 0.15) is 6.10 Å². The summed E-state index contributed by atoms with van der Waals surface area (Å²) in [6.45, 7) is 4.94. The maximum atomic E-state index is 12.5. The number of carbonyl (C=O) groups is 1. The highest BCUT2D eigenvalue weighted by molar-refractivity contribution is 7.47. The first kappa shape index (κ1) is 45.5. The van der Waals surface area contributed by atoms with Crippen LogP contribution >= 0.6 is 7.82 Å². The smallest absolute Gasteiger partial charge is 0.457 e. The molecular formula is C37H76NO7P. The average molecular weight is 678 g/mol. The molecule has 0 amide bonds. The summed E-state index contributed by atoms with van der Waals surface area (Å²) in [6.07, 6.45) is 34.0. The highest BCUT2D eigenvalue weighted by atomic mass is 31.2. The van der Waals surface area contributed by atoms with Crippen molar-refractivity contribution in [3.8, 4) is 0 Å². The van der Waals surface area contributed by atoms with Crippen LogP contribution in [0.15, 0.2) is 0 Å². The molecule has 0 aromatic carbocycles. The second-order valence-electron chi connectivity index (χ2n) is 13.2. The van der Waals surface area contributed by atoms with Crippen molar-refractivity contribution in [2.24, 2.45) is 5.73 Å². The normalized spacial score (nSPS) is 13.6. The molecule has 0 aliphatic rings. The summed E-state index contributed by atoms with van der Waals surface area (Å²) in [5.41, 5.74) is 5.35. The van der Waals surface area contributed by atoms with E-state index in [2.05, 4.69) is 13.8 Å². The van der Waals surface area contributed by atoms with Gasteiger partial charge in [-0.05, 0) is 12.8 Å². The highest BCUT2D eigenvalue weighted by Gasteiger charge is 2.25. The summed E-state index contributed by atoms with van der Waals surface area (Å²) < 4.78 is 33.2. The Morgan fingerprint density at radius 2 is 0.957 bits per heavy atom. The number of unbranched alkanes of at least 4 members (excludes halogenated alkanes) is 25. The third kappa shape index (κ3) is 34.8. The first-order valence-electron chi connectivity index (χ1n) is 19.5. The third-order valence-corrected chi connectivity index (χ3v) is 9.51. The summed E-state index contributed by atoms with van der Waals surface area (Å²) in [7, 11) is -4.26. The lowest BCUT2D eigenvalue weighted by Gasteiger charge is -2.20. The number of hydrogen-bond acceptors (Lipinski definition) is 7. The zero-order valence-corrected chi connectivity index (χ0v) is 31.2. The molecule has 0 spiro atoms. The van der Waals surface area contributed by atoms with Gasteiger partial charge < -0.3 is 20.1 Å². The molecule has 2 atom stereocenters. The summed E-state index contributed by atoms with van der Waals surface area (Å²) in [5, 5.41) is 0. The van der Waals surface area contributed by atoms with Gasteiger partial charge in [0.15, 0.2) is 0 Å². The molecule has 2 unspecified atom stereocenters. The van der Waals surface area contributed by atoms with Crippen molar-refractivity contribution in [3.05, 3.63) is 0 Å². The van der Waals surface area contributed by atoms with E-state index in [1.165, 1.54) is 141 Å². The van der Waals surface area contributed by atoms with Crippen molar-refractivity contribution >= 4 is 13.8 Å². The minimum absolute atomic E-state index is 0.0906. The predicted molar refractivity (Wildman–Crippen MR) is 192 cm³/mol. The van der Waals surface area contributed by atoms with Gasteiger partial charge in [0, 0.05) is 19.6 Å². The van der Waals surface area contributed by atoms with E-state index in [-0.39, 0.29) is 32.3 Å². The third-order valence-electron chi connectivity index (χ3n) is 8.52. The Kier molecular flexibility index (Phi) is 35.4. The van der Waals surface area contributed by atoms with E-state index in [9.17, 15) is 14.3 Å². The van der Waals surface area contributed by atoms with E-state index in [1.54, 1.807) is 0 Å². The van der Waals surface area contributed by atoms with E-state index in [0.29, 0.717) is 13.0 Å². The van der Waals surface area contributed by atoms with E-state index < -0.39 is 13.9 Å². The molecule has 8 nitrogen and oxygen atoms in total.